The molecular weight excluding hydrogens is 436 g/mol. The van der Waals surface area contributed by atoms with Gasteiger partial charge in [0.2, 0.25) is 0 Å². The fourth-order valence-electron chi connectivity index (χ4n) is 0. The normalized spacial score (nSPS) is 6.44. The number of rotatable bonds is 0. The van der Waals surface area contributed by atoms with Crippen LogP contribution in [0.5, 0.6) is 0 Å². The van der Waals surface area contributed by atoms with Crippen molar-refractivity contribution >= 4 is 59.1 Å². The summed E-state index contributed by atoms with van der Waals surface area (Å²) >= 11 is 0. The quantitative estimate of drug-likeness (QED) is 0.384. The molecule has 0 saturated carbocycles. The SMILES string of the molecule is Cl.Cl.O=S(=O)(O)O.[Sm].[SnH2]. The number of hydrogen-bond donors (Lipinski definition) is 2. The van der Waals surface area contributed by atoms with Gasteiger partial charge >= 0.3 is 34.3 Å². The topological polar surface area (TPSA) is 74.6 Å². The third-order valence-electron chi connectivity index (χ3n) is 0. The van der Waals surface area contributed by atoms with E-state index in [0.29, 0.717) is 0 Å². The van der Waals surface area contributed by atoms with Gasteiger partial charge in [-0.25, -0.2) is 0 Å². The summed E-state index contributed by atoms with van der Waals surface area (Å²) in [7, 11) is -4.67. The summed E-state index contributed by atoms with van der Waals surface area (Å²) < 4.78 is 31.6. The first-order chi connectivity index (χ1) is 2.00. The zero-order valence-corrected chi connectivity index (χ0v) is 13.2. The Kier molecular flexibility index (Phi) is 43.9. The molecule has 60 valence electrons. The van der Waals surface area contributed by atoms with Crippen LogP contribution in [0.25, 0.3) is 0 Å². The molecule has 0 fully saturated rings. The van der Waals surface area contributed by atoms with Gasteiger partial charge < -0.3 is 0 Å². The minimum atomic E-state index is -4.67. The van der Waals surface area contributed by atoms with Gasteiger partial charge in [0, 0.05) is 40.4 Å². The van der Waals surface area contributed by atoms with Crippen molar-refractivity contribution in [2.24, 2.45) is 0 Å². The zero-order chi connectivity index (χ0) is 4.50. The fraction of sp³-hybridized carbons (Fsp3) is 0. The summed E-state index contributed by atoms with van der Waals surface area (Å²) in [5.41, 5.74) is 0. The van der Waals surface area contributed by atoms with Crippen LogP contribution in [-0.2, 0) is 10.4 Å². The van der Waals surface area contributed by atoms with Gasteiger partial charge in [0.15, 0.2) is 0 Å². The van der Waals surface area contributed by atoms with E-state index in [-0.39, 0.29) is 89.1 Å². The van der Waals surface area contributed by atoms with Gasteiger partial charge in [-0.3, -0.25) is 9.11 Å². The second-order valence-electron chi connectivity index (χ2n) is 0.448. The van der Waals surface area contributed by atoms with Crippen LogP contribution in [0, 0.1) is 40.4 Å². The molecule has 0 unspecified atom stereocenters. The third-order valence-corrected chi connectivity index (χ3v) is 0. The molecule has 0 aromatic carbocycles. The van der Waals surface area contributed by atoms with Crippen LogP contribution in [0.3, 0.4) is 0 Å². The van der Waals surface area contributed by atoms with Crippen LogP contribution in [0.15, 0.2) is 0 Å². The molecule has 9 heavy (non-hydrogen) atoms. The third kappa shape index (κ3) is 117. The molecule has 9 heteroatoms. The maximum atomic E-state index is 8.74. The van der Waals surface area contributed by atoms with E-state index in [4.69, 9.17) is 17.5 Å². The van der Waals surface area contributed by atoms with Crippen LogP contribution in [0.1, 0.15) is 0 Å². The second-order valence-corrected chi connectivity index (χ2v) is 1.34. The van der Waals surface area contributed by atoms with E-state index in [1.54, 1.807) is 0 Å². The molecule has 0 aliphatic heterocycles. The Balaban J connectivity index is -0.0000000133. The first kappa shape index (κ1) is 29.9. The second kappa shape index (κ2) is 13.2. The molecule has 0 aliphatic carbocycles. The molecular formula is H6Cl2O4SSmSn. The molecule has 0 heterocycles. The van der Waals surface area contributed by atoms with Crippen molar-refractivity contribution in [1.82, 2.24) is 0 Å². The molecule has 0 atom stereocenters. The minimum absolute atomic E-state index is 0. The molecule has 0 amide bonds. The van der Waals surface area contributed by atoms with Gasteiger partial charge in [-0.2, -0.15) is 8.42 Å². The van der Waals surface area contributed by atoms with Crippen LogP contribution >= 0.6 is 24.8 Å². The zero-order valence-electron chi connectivity index (χ0n) is 4.05. The van der Waals surface area contributed by atoms with E-state index in [2.05, 4.69) is 0 Å². The number of halogens is 2. The molecule has 0 bridgehead atoms. The van der Waals surface area contributed by atoms with Crippen molar-refractivity contribution in [3.8, 4) is 0 Å². The predicted molar refractivity (Wildman–Crippen MR) is 37.2 cm³/mol. The fourth-order valence-corrected chi connectivity index (χ4v) is 0. The van der Waals surface area contributed by atoms with Crippen molar-refractivity contribution in [2.75, 3.05) is 0 Å². The average Bonchev–Trinajstić information content (AvgIpc) is 0.722. The molecule has 0 aromatic rings. The Hall–Kier alpha value is 2.59. The molecule has 0 rings (SSSR count). The molecule has 0 aliphatic rings. The van der Waals surface area contributed by atoms with E-state index in [0.717, 1.165) is 0 Å². The van der Waals surface area contributed by atoms with Gasteiger partial charge in [-0.05, 0) is 0 Å². The summed E-state index contributed by atoms with van der Waals surface area (Å²) in [4.78, 5) is 0. The van der Waals surface area contributed by atoms with Crippen molar-refractivity contribution in [3.63, 3.8) is 0 Å². The van der Waals surface area contributed by atoms with Gasteiger partial charge in [0.25, 0.3) is 0 Å². The summed E-state index contributed by atoms with van der Waals surface area (Å²) in [6.07, 6.45) is 0. The van der Waals surface area contributed by atoms with Gasteiger partial charge in [-0.15, -0.1) is 24.8 Å². The van der Waals surface area contributed by atoms with Gasteiger partial charge in [0.1, 0.15) is 0 Å². The van der Waals surface area contributed by atoms with E-state index in [1.807, 2.05) is 0 Å². The Labute approximate surface area is 115 Å². The average molecular weight is 442 g/mol. The van der Waals surface area contributed by atoms with Crippen molar-refractivity contribution < 1.29 is 57.9 Å². The van der Waals surface area contributed by atoms with Crippen molar-refractivity contribution in [2.45, 2.75) is 0 Å². The maximum absolute atomic E-state index is 8.74. The van der Waals surface area contributed by atoms with Gasteiger partial charge in [-0.1, -0.05) is 0 Å². The van der Waals surface area contributed by atoms with Crippen LogP contribution in [0.4, 0.5) is 0 Å². The Bertz CT molecular complexity index is 102. The Morgan fingerprint density at radius 3 is 1.00 bits per heavy atom. The van der Waals surface area contributed by atoms with E-state index >= 15 is 0 Å². The van der Waals surface area contributed by atoms with E-state index < -0.39 is 10.4 Å². The van der Waals surface area contributed by atoms with Crippen LogP contribution < -0.4 is 0 Å². The first-order valence-corrected chi connectivity index (χ1v) is 2.10. The molecule has 0 spiro atoms. The van der Waals surface area contributed by atoms with Crippen LogP contribution in [-0.4, -0.2) is 41.4 Å². The first-order valence-electron chi connectivity index (χ1n) is 0.698. The molecule has 0 aromatic heterocycles. The molecule has 2 radical (unpaired) electrons. The van der Waals surface area contributed by atoms with Gasteiger partial charge in [0.05, 0.1) is 0 Å². The Morgan fingerprint density at radius 2 is 1.00 bits per heavy atom. The molecule has 2 N–H and O–H groups in total. The summed E-state index contributed by atoms with van der Waals surface area (Å²) in [6.45, 7) is 0. The van der Waals surface area contributed by atoms with E-state index in [9.17, 15) is 0 Å². The molecule has 4 nitrogen and oxygen atoms in total. The standard InChI is InChI=1S/2ClH.H2O4S.Sm.Sn.2H/c;;1-5(2,3)4;;;;/h2*1H;(H2,1,2,3,4);;;;. The van der Waals surface area contributed by atoms with Crippen molar-refractivity contribution in [1.29, 1.82) is 0 Å². The summed E-state index contributed by atoms with van der Waals surface area (Å²) in [6, 6.07) is 0. The Morgan fingerprint density at radius 1 is 1.00 bits per heavy atom. The van der Waals surface area contributed by atoms with Crippen molar-refractivity contribution in [3.05, 3.63) is 0 Å². The van der Waals surface area contributed by atoms with E-state index in [1.165, 1.54) is 0 Å². The monoisotopic (exact) mass is 444 g/mol. The van der Waals surface area contributed by atoms with Crippen LogP contribution in [0.2, 0.25) is 0 Å². The summed E-state index contributed by atoms with van der Waals surface area (Å²) in [5, 5.41) is 0. The number of hydrogen-bond acceptors (Lipinski definition) is 2. The summed E-state index contributed by atoms with van der Waals surface area (Å²) in [5.74, 6) is 0. The predicted octanol–water partition coefficient (Wildman–Crippen LogP) is -0.725. The molecule has 0 saturated heterocycles.